The molecule has 2 aliphatic rings. The van der Waals surface area contributed by atoms with Gasteiger partial charge in [-0.3, -0.25) is 9.59 Å². The lowest BCUT2D eigenvalue weighted by molar-refractivity contribution is -0.140. The molecule has 1 fully saturated rings. The third-order valence-electron chi connectivity index (χ3n) is 5.13. The summed E-state index contributed by atoms with van der Waals surface area (Å²) < 4.78 is 21.9. The van der Waals surface area contributed by atoms with E-state index in [0.29, 0.717) is 61.4 Å². The van der Waals surface area contributed by atoms with Crippen molar-refractivity contribution in [3.8, 4) is 11.5 Å². The maximum Gasteiger partial charge on any atom is 0.295 e. The van der Waals surface area contributed by atoms with Crippen molar-refractivity contribution in [1.29, 1.82) is 0 Å². The van der Waals surface area contributed by atoms with Gasteiger partial charge in [0.15, 0.2) is 11.5 Å². The highest BCUT2D eigenvalue weighted by Crippen LogP contribution is 2.41. The summed E-state index contributed by atoms with van der Waals surface area (Å²) in [5.74, 6) is 0.401. The first-order valence-electron chi connectivity index (χ1n) is 9.75. The number of hydrogen-bond acceptors (Lipinski definition) is 7. The minimum absolute atomic E-state index is 0.0107. The van der Waals surface area contributed by atoms with Gasteiger partial charge in [0, 0.05) is 25.8 Å². The number of amides is 1. The van der Waals surface area contributed by atoms with E-state index in [9.17, 15) is 14.7 Å². The first-order chi connectivity index (χ1) is 14.5. The predicted octanol–water partition coefficient (Wildman–Crippen LogP) is 2.82. The highest BCUT2D eigenvalue weighted by molar-refractivity contribution is 6.46. The molecule has 0 unspecified atom stereocenters. The average molecular weight is 413 g/mol. The summed E-state index contributed by atoms with van der Waals surface area (Å²) in [5.41, 5.74) is 0.353. The zero-order chi connectivity index (χ0) is 21.3. The first kappa shape index (κ1) is 20.0. The van der Waals surface area contributed by atoms with E-state index in [1.807, 2.05) is 0 Å². The van der Waals surface area contributed by atoms with E-state index in [-0.39, 0.29) is 11.3 Å². The van der Waals surface area contributed by atoms with Crippen LogP contribution in [-0.2, 0) is 14.3 Å². The van der Waals surface area contributed by atoms with E-state index in [1.54, 1.807) is 44.4 Å². The van der Waals surface area contributed by atoms with Gasteiger partial charge in [0.1, 0.15) is 36.5 Å². The predicted molar refractivity (Wildman–Crippen MR) is 106 cm³/mol. The van der Waals surface area contributed by atoms with Gasteiger partial charge in [-0.05, 0) is 43.7 Å². The van der Waals surface area contributed by atoms with Crippen LogP contribution in [0.4, 0.5) is 0 Å². The summed E-state index contributed by atoms with van der Waals surface area (Å²) in [4.78, 5) is 27.1. The van der Waals surface area contributed by atoms with Gasteiger partial charge in [0.05, 0.1) is 5.57 Å². The number of methoxy groups -OCH3 is 1. The molecule has 0 bridgehead atoms. The van der Waals surface area contributed by atoms with Gasteiger partial charge in [0.25, 0.3) is 11.7 Å². The second kappa shape index (κ2) is 8.23. The van der Waals surface area contributed by atoms with Gasteiger partial charge in [0.2, 0.25) is 0 Å². The first-order valence-corrected chi connectivity index (χ1v) is 9.75. The standard InChI is InChI=1S/C22H23NO7/c1-13-4-6-16(30-13)19-18(21(25)22(26)23(19)8-3-9-27-2)20(24)14-5-7-15-17(12-14)29-11-10-28-15/h4-7,12,19,24H,3,8-11H2,1-2H3/t19-/m0/s1. The highest BCUT2D eigenvalue weighted by atomic mass is 16.6. The lowest BCUT2D eigenvalue weighted by Gasteiger charge is -2.23. The number of rotatable bonds is 6. The van der Waals surface area contributed by atoms with Gasteiger partial charge in [-0.15, -0.1) is 0 Å². The molecule has 1 N–H and O–H groups in total. The number of nitrogens with zero attached hydrogens (tertiary/aromatic N) is 1. The number of aryl methyl sites for hydroxylation is 1. The normalized spacial score (nSPS) is 20.1. The van der Waals surface area contributed by atoms with E-state index in [0.717, 1.165) is 0 Å². The Bertz CT molecular complexity index is 1010. The fourth-order valence-corrected chi connectivity index (χ4v) is 3.73. The number of benzene rings is 1. The molecule has 8 nitrogen and oxygen atoms in total. The Morgan fingerprint density at radius 1 is 1.17 bits per heavy atom. The second-order valence-corrected chi connectivity index (χ2v) is 7.15. The zero-order valence-corrected chi connectivity index (χ0v) is 16.8. The molecule has 0 saturated carbocycles. The number of ether oxygens (including phenoxy) is 3. The van der Waals surface area contributed by atoms with Crippen LogP contribution in [-0.4, -0.2) is 55.2 Å². The van der Waals surface area contributed by atoms with Crippen LogP contribution in [0.5, 0.6) is 11.5 Å². The Labute approximate surface area is 173 Å². The maximum atomic E-state index is 12.9. The molecule has 4 rings (SSSR count). The van der Waals surface area contributed by atoms with E-state index in [1.165, 1.54) is 4.90 Å². The molecule has 158 valence electrons. The van der Waals surface area contributed by atoms with Gasteiger partial charge in [-0.25, -0.2) is 0 Å². The van der Waals surface area contributed by atoms with Crippen molar-refractivity contribution >= 4 is 17.4 Å². The number of carbonyl (C=O) groups is 2. The van der Waals surface area contributed by atoms with Crippen molar-refractivity contribution in [2.45, 2.75) is 19.4 Å². The fraction of sp³-hybridized carbons (Fsp3) is 0.364. The zero-order valence-electron chi connectivity index (χ0n) is 16.8. The lowest BCUT2D eigenvalue weighted by Crippen LogP contribution is -2.31. The minimum Gasteiger partial charge on any atom is -0.507 e. The van der Waals surface area contributed by atoms with E-state index in [4.69, 9.17) is 18.6 Å². The summed E-state index contributed by atoms with van der Waals surface area (Å²) >= 11 is 0. The second-order valence-electron chi connectivity index (χ2n) is 7.15. The topological polar surface area (TPSA) is 98.4 Å². The van der Waals surface area contributed by atoms with Crippen LogP contribution in [0.25, 0.3) is 5.76 Å². The number of aliphatic hydroxyl groups excluding tert-OH is 1. The number of fused-ring (bicyclic) bond motifs is 1. The number of Topliss-reactive ketones (excluding diaryl/α,β-unsaturated/α-hetero) is 1. The van der Waals surface area contributed by atoms with Crippen LogP contribution in [0.15, 0.2) is 40.3 Å². The van der Waals surface area contributed by atoms with Crippen molar-refractivity contribution in [1.82, 2.24) is 4.90 Å². The van der Waals surface area contributed by atoms with Crippen molar-refractivity contribution in [3.05, 3.63) is 53.0 Å². The monoisotopic (exact) mass is 413 g/mol. The fourth-order valence-electron chi connectivity index (χ4n) is 3.73. The third kappa shape index (κ3) is 3.54. The molecule has 1 atom stereocenters. The minimum atomic E-state index is -0.816. The van der Waals surface area contributed by atoms with Crippen LogP contribution in [0, 0.1) is 6.92 Å². The Kier molecular flexibility index (Phi) is 5.50. The summed E-state index contributed by atoms with van der Waals surface area (Å²) in [7, 11) is 1.57. The molecular weight excluding hydrogens is 390 g/mol. The summed E-state index contributed by atoms with van der Waals surface area (Å²) in [5, 5.41) is 11.1. The van der Waals surface area contributed by atoms with Crippen molar-refractivity contribution in [2.24, 2.45) is 0 Å². The molecular formula is C22H23NO7. The number of likely N-dealkylation sites (tertiary alicyclic amines) is 1. The van der Waals surface area contributed by atoms with E-state index < -0.39 is 17.7 Å². The molecule has 1 aromatic heterocycles. The SMILES string of the molecule is COCCCN1C(=O)C(=O)C(=C(O)c2ccc3c(c2)OCCO3)[C@@H]1c1ccc(C)o1. The largest absolute Gasteiger partial charge is 0.507 e. The van der Waals surface area contributed by atoms with Crippen LogP contribution in [0.3, 0.4) is 0 Å². The Balaban J connectivity index is 1.78. The van der Waals surface area contributed by atoms with Gasteiger partial charge < -0.3 is 28.6 Å². The molecule has 2 aliphatic heterocycles. The Morgan fingerprint density at radius 2 is 1.93 bits per heavy atom. The maximum absolute atomic E-state index is 12.9. The van der Waals surface area contributed by atoms with Crippen molar-refractivity contribution in [2.75, 3.05) is 33.5 Å². The molecule has 3 heterocycles. The van der Waals surface area contributed by atoms with Gasteiger partial charge in [-0.2, -0.15) is 0 Å². The molecule has 8 heteroatoms. The molecule has 2 aromatic rings. The molecule has 0 aliphatic carbocycles. The molecule has 1 amide bonds. The summed E-state index contributed by atoms with van der Waals surface area (Å²) in [6, 6.07) is 7.56. The van der Waals surface area contributed by atoms with E-state index >= 15 is 0 Å². The molecule has 0 radical (unpaired) electrons. The molecule has 1 saturated heterocycles. The number of ketones is 1. The Hall–Kier alpha value is -3.26. The third-order valence-corrected chi connectivity index (χ3v) is 5.13. The molecule has 30 heavy (non-hydrogen) atoms. The van der Waals surface area contributed by atoms with Crippen molar-refractivity contribution < 1.29 is 33.3 Å². The highest BCUT2D eigenvalue weighted by Gasteiger charge is 2.47. The van der Waals surface area contributed by atoms with Gasteiger partial charge in [-0.1, -0.05) is 0 Å². The average Bonchev–Trinajstić information content (AvgIpc) is 3.29. The quantitative estimate of drug-likeness (QED) is 0.336. The van der Waals surface area contributed by atoms with Gasteiger partial charge >= 0.3 is 0 Å². The summed E-state index contributed by atoms with van der Waals surface area (Å²) in [6.45, 7) is 3.35. The number of furan rings is 1. The van der Waals surface area contributed by atoms with E-state index in [2.05, 4.69) is 0 Å². The lowest BCUT2D eigenvalue weighted by atomic mass is 9.99. The number of aliphatic hydroxyl groups is 1. The number of hydrogen-bond donors (Lipinski definition) is 1. The number of carbonyl (C=O) groups excluding carboxylic acids is 2. The molecule has 1 aromatic carbocycles. The van der Waals surface area contributed by atoms with Crippen LogP contribution < -0.4 is 9.47 Å². The molecule has 0 spiro atoms. The summed E-state index contributed by atoms with van der Waals surface area (Å²) in [6.07, 6.45) is 0.545. The van der Waals surface area contributed by atoms with Crippen LogP contribution in [0.2, 0.25) is 0 Å². The smallest absolute Gasteiger partial charge is 0.295 e. The van der Waals surface area contributed by atoms with Crippen LogP contribution >= 0.6 is 0 Å². The Morgan fingerprint density at radius 3 is 2.63 bits per heavy atom. The van der Waals surface area contributed by atoms with Crippen molar-refractivity contribution in [3.63, 3.8) is 0 Å². The van der Waals surface area contributed by atoms with Crippen LogP contribution in [0.1, 0.15) is 29.5 Å².